The largest absolute Gasteiger partial charge is 0.198 e. The van der Waals surface area contributed by atoms with Crippen LogP contribution in [-0.2, 0) is 6.42 Å². The number of nitriles is 2. The van der Waals surface area contributed by atoms with E-state index in [9.17, 15) is 0 Å². The van der Waals surface area contributed by atoms with Crippen molar-refractivity contribution >= 4 is 11.6 Å². The minimum Gasteiger partial charge on any atom is -0.198 e. The molecule has 0 N–H and O–H groups in total. The van der Waals surface area contributed by atoms with Gasteiger partial charge in [0.1, 0.15) is 0 Å². The molecule has 1 aromatic carbocycles. The second-order valence-electron chi connectivity index (χ2n) is 3.63. The van der Waals surface area contributed by atoms with Crippen molar-refractivity contribution in [1.82, 2.24) is 0 Å². The first-order valence-electron chi connectivity index (χ1n) is 4.69. The first kappa shape index (κ1) is 11.6. The fourth-order valence-electron chi connectivity index (χ4n) is 1.50. The van der Waals surface area contributed by atoms with Gasteiger partial charge in [-0.25, -0.2) is 0 Å². The van der Waals surface area contributed by atoms with Crippen molar-refractivity contribution in [2.75, 3.05) is 0 Å². The van der Waals surface area contributed by atoms with E-state index in [1.807, 2.05) is 19.9 Å². The van der Waals surface area contributed by atoms with Crippen LogP contribution in [0, 0.1) is 22.7 Å². The monoisotopic (exact) mass is 218 g/mol. The van der Waals surface area contributed by atoms with Crippen LogP contribution in [-0.4, -0.2) is 0 Å². The second kappa shape index (κ2) is 4.82. The summed E-state index contributed by atoms with van der Waals surface area (Å²) in [6.45, 7) is 4.04. The Bertz CT molecular complexity index is 450. The maximum absolute atomic E-state index is 8.82. The minimum atomic E-state index is 0.263. The molecule has 0 aliphatic rings. The highest BCUT2D eigenvalue weighted by atomic mass is 35.5. The Kier molecular flexibility index (Phi) is 3.72. The van der Waals surface area contributed by atoms with Crippen LogP contribution in [0.1, 0.15) is 36.5 Å². The van der Waals surface area contributed by atoms with E-state index >= 15 is 0 Å². The summed E-state index contributed by atoms with van der Waals surface area (Å²) in [6, 6.07) is 7.58. The third-order valence-corrected chi connectivity index (χ3v) is 2.57. The van der Waals surface area contributed by atoms with Gasteiger partial charge in [-0.05, 0) is 29.2 Å². The summed E-state index contributed by atoms with van der Waals surface area (Å²) in [7, 11) is 0. The summed E-state index contributed by atoms with van der Waals surface area (Å²) < 4.78 is 0. The summed E-state index contributed by atoms with van der Waals surface area (Å²) in [5.74, 6) is 0.263. The van der Waals surface area contributed by atoms with Crippen LogP contribution < -0.4 is 0 Å². The van der Waals surface area contributed by atoms with Gasteiger partial charge < -0.3 is 0 Å². The Balaban J connectivity index is 3.38. The van der Waals surface area contributed by atoms with Crippen LogP contribution in [0.2, 0.25) is 5.02 Å². The summed E-state index contributed by atoms with van der Waals surface area (Å²) >= 11 is 6.03. The molecular formula is C12H11ClN2. The topological polar surface area (TPSA) is 47.6 Å². The minimum absolute atomic E-state index is 0.263. The molecule has 0 amide bonds. The van der Waals surface area contributed by atoms with Gasteiger partial charge in [0.2, 0.25) is 0 Å². The molecule has 0 spiro atoms. The maximum Gasteiger partial charge on any atom is 0.0992 e. The summed E-state index contributed by atoms with van der Waals surface area (Å²) in [6.07, 6.45) is 0.290. The number of halogens is 1. The van der Waals surface area contributed by atoms with E-state index in [1.54, 1.807) is 6.07 Å². The zero-order valence-corrected chi connectivity index (χ0v) is 9.47. The number of hydrogen-bond acceptors (Lipinski definition) is 2. The quantitative estimate of drug-likeness (QED) is 0.764. The van der Waals surface area contributed by atoms with Gasteiger partial charge in [-0.2, -0.15) is 10.5 Å². The van der Waals surface area contributed by atoms with Gasteiger partial charge in [0.05, 0.1) is 24.1 Å². The lowest BCUT2D eigenvalue weighted by Gasteiger charge is -2.12. The van der Waals surface area contributed by atoms with Crippen molar-refractivity contribution < 1.29 is 0 Å². The van der Waals surface area contributed by atoms with Crippen molar-refractivity contribution in [3.8, 4) is 12.1 Å². The van der Waals surface area contributed by atoms with Gasteiger partial charge in [-0.3, -0.25) is 0 Å². The molecule has 0 heterocycles. The van der Waals surface area contributed by atoms with Crippen molar-refractivity contribution in [3.05, 3.63) is 33.8 Å². The first-order valence-corrected chi connectivity index (χ1v) is 5.07. The lowest BCUT2D eigenvalue weighted by Crippen LogP contribution is -1.98. The average Bonchev–Trinajstić information content (AvgIpc) is 2.20. The van der Waals surface area contributed by atoms with Crippen LogP contribution in [0.5, 0.6) is 0 Å². The third-order valence-electron chi connectivity index (χ3n) is 2.24. The Hall–Kier alpha value is -1.51. The molecule has 15 heavy (non-hydrogen) atoms. The first-order chi connectivity index (χ1) is 7.10. The normalized spacial score (nSPS) is 9.73. The van der Waals surface area contributed by atoms with E-state index < -0.39 is 0 Å². The second-order valence-corrected chi connectivity index (χ2v) is 4.03. The van der Waals surface area contributed by atoms with E-state index in [0.717, 1.165) is 11.1 Å². The molecule has 0 aliphatic carbocycles. The number of hydrogen-bond donors (Lipinski definition) is 0. The molecule has 1 aromatic rings. The smallest absolute Gasteiger partial charge is 0.0992 e. The fourth-order valence-corrected chi connectivity index (χ4v) is 1.80. The van der Waals surface area contributed by atoms with Gasteiger partial charge in [0.25, 0.3) is 0 Å². The van der Waals surface area contributed by atoms with Crippen LogP contribution >= 0.6 is 11.6 Å². The summed E-state index contributed by atoms with van der Waals surface area (Å²) in [5.41, 5.74) is 2.37. The van der Waals surface area contributed by atoms with Gasteiger partial charge in [-0.15, -0.1) is 0 Å². The SMILES string of the molecule is CC(C)c1cc(C#N)cc(Cl)c1CC#N. The van der Waals surface area contributed by atoms with Crippen LogP contribution in [0.3, 0.4) is 0 Å². The molecule has 1 rings (SSSR count). The maximum atomic E-state index is 8.82. The average molecular weight is 219 g/mol. The Morgan fingerprint density at radius 2 is 2.00 bits per heavy atom. The standard InChI is InChI=1S/C12H11ClN2/c1-8(2)11-5-9(7-15)6-12(13)10(11)3-4-14/h5-6,8H,3H2,1-2H3. The molecule has 0 bridgehead atoms. The van der Waals surface area contributed by atoms with E-state index in [-0.39, 0.29) is 12.3 Å². The molecule has 0 unspecified atom stereocenters. The van der Waals surface area contributed by atoms with Gasteiger partial charge in [-0.1, -0.05) is 25.4 Å². The predicted molar refractivity (Wildman–Crippen MR) is 59.6 cm³/mol. The highest BCUT2D eigenvalue weighted by Gasteiger charge is 2.12. The third kappa shape index (κ3) is 2.49. The number of benzene rings is 1. The molecule has 0 radical (unpaired) electrons. The molecule has 3 heteroatoms. The highest BCUT2D eigenvalue weighted by molar-refractivity contribution is 6.31. The molecule has 0 aliphatic heterocycles. The Labute approximate surface area is 94.7 Å². The van der Waals surface area contributed by atoms with Crippen LogP contribution in [0.15, 0.2) is 12.1 Å². The highest BCUT2D eigenvalue weighted by Crippen LogP contribution is 2.28. The molecular weight excluding hydrogens is 208 g/mol. The summed E-state index contributed by atoms with van der Waals surface area (Å²) in [5, 5.41) is 18.0. The van der Waals surface area contributed by atoms with Crippen molar-refractivity contribution in [1.29, 1.82) is 10.5 Å². The Morgan fingerprint density at radius 1 is 1.33 bits per heavy atom. The number of rotatable bonds is 2. The van der Waals surface area contributed by atoms with E-state index in [4.69, 9.17) is 22.1 Å². The molecule has 2 nitrogen and oxygen atoms in total. The molecule has 76 valence electrons. The molecule has 0 fully saturated rings. The number of nitrogens with zero attached hydrogens (tertiary/aromatic N) is 2. The van der Waals surface area contributed by atoms with E-state index in [2.05, 4.69) is 12.1 Å². The lowest BCUT2D eigenvalue weighted by molar-refractivity contribution is 0.850. The van der Waals surface area contributed by atoms with Crippen molar-refractivity contribution in [3.63, 3.8) is 0 Å². The molecule has 0 saturated heterocycles. The molecule has 0 saturated carbocycles. The van der Waals surface area contributed by atoms with Crippen molar-refractivity contribution in [2.45, 2.75) is 26.2 Å². The van der Waals surface area contributed by atoms with E-state index in [1.165, 1.54) is 0 Å². The zero-order chi connectivity index (χ0) is 11.4. The van der Waals surface area contributed by atoms with Crippen LogP contribution in [0.4, 0.5) is 0 Å². The fraction of sp³-hybridized carbons (Fsp3) is 0.333. The zero-order valence-electron chi connectivity index (χ0n) is 8.71. The molecule has 0 aromatic heterocycles. The lowest BCUT2D eigenvalue weighted by atomic mass is 9.94. The van der Waals surface area contributed by atoms with Crippen LogP contribution in [0.25, 0.3) is 0 Å². The molecule has 0 atom stereocenters. The van der Waals surface area contributed by atoms with Crippen molar-refractivity contribution in [2.24, 2.45) is 0 Å². The Morgan fingerprint density at radius 3 is 2.47 bits per heavy atom. The van der Waals surface area contributed by atoms with Gasteiger partial charge >= 0.3 is 0 Å². The van der Waals surface area contributed by atoms with E-state index in [0.29, 0.717) is 10.6 Å². The van der Waals surface area contributed by atoms with Gasteiger partial charge in [0, 0.05) is 5.02 Å². The van der Waals surface area contributed by atoms with Gasteiger partial charge in [0.15, 0.2) is 0 Å². The summed E-state index contributed by atoms with van der Waals surface area (Å²) in [4.78, 5) is 0. The predicted octanol–water partition coefficient (Wildman–Crippen LogP) is 3.40.